The number of sulfone groups is 1. The molecule has 23 heavy (non-hydrogen) atoms. The van der Waals surface area contributed by atoms with E-state index in [1.54, 1.807) is 6.92 Å². The average molecular weight is 345 g/mol. The summed E-state index contributed by atoms with van der Waals surface area (Å²) < 4.78 is 28.2. The standard InChI is InChI=1S/C16H27NO5S/c1-12(16(19)22-2)17(14-9-10-23(20,21)11-14)15(18)8-7-13-5-3-4-6-13/h12-14H,3-11H2,1-2H3. The van der Waals surface area contributed by atoms with E-state index in [2.05, 4.69) is 0 Å². The number of hydrogen-bond acceptors (Lipinski definition) is 5. The molecule has 0 bridgehead atoms. The van der Waals surface area contributed by atoms with Gasteiger partial charge in [0.15, 0.2) is 9.84 Å². The van der Waals surface area contributed by atoms with Crippen LogP contribution in [-0.2, 0) is 24.2 Å². The van der Waals surface area contributed by atoms with Gasteiger partial charge in [0.1, 0.15) is 6.04 Å². The molecule has 1 amide bonds. The van der Waals surface area contributed by atoms with E-state index in [1.165, 1.54) is 24.9 Å². The summed E-state index contributed by atoms with van der Waals surface area (Å²) in [5, 5.41) is 0. The molecule has 0 aromatic carbocycles. The lowest BCUT2D eigenvalue weighted by molar-refractivity contribution is -0.153. The predicted molar refractivity (Wildman–Crippen MR) is 86.6 cm³/mol. The van der Waals surface area contributed by atoms with Crippen molar-refractivity contribution in [3.8, 4) is 0 Å². The van der Waals surface area contributed by atoms with Gasteiger partial charge in [0, 0.05) is 12.5 Å². The number of hydrogen-bond donors (Lipinski definition) is 0. The first-order valence-corrected chi connectivity index (χ1v) is 10.3. The number of rotatable bonds is 6. The van der Waals surface area contributed by atoms with Gasteiger partial charge in [-0.25, -0.2) is 13.2 Å². The number of nitrogens with zero attached hydrogens (tertiary/aromatic N) is 1. The van der Waals surface area contributed by atoms with Crippen LogP contribution in [0.3, 0.4) is 0 Å². The van der Waals surface area contributed by atoms with Crippen LogP contribution >= 0.6 is 0 Å². The first kappa shape index (κ1) is 18.2. The van der Waals surface area contributed by atoms with Gasteiger partial charge < -0.3 is 9.64 Å². The minimum Gasteiger partial charge on any atom is -0.467 e. The Morgan fingerprint density at radius 1 is 1.22 bits per heavy atom. The lowest BCUT2D eigenvalue weighted by atomic mass is 10.0. The summed E-state index contributed by atoms with van der Waals surface area (Å²) in [7, 11) is -1.83. The normalized spacial score (nSPS) is 25.2. The van der Waals surface area contributed by atoms with Gasteiger partial charge >= 0.3 is 5.97 Å². The van der Waals surface area contributed by atoms with E-state index in [0.717, 1.165) is 19.3 Å². The lowest BCUT2D eigenvalue weighted by Crippen LogP contribution is -2.50. The maximum Gasteiger partial charge on any atom is 0.328 e. The molecule has 0 N–H and O–H groups in total. The van der Waals surface area contributed by atoms with Crippen LogP contribution in [0.4, 0.5) is 0 Å². The monoisotopic (exact) mass is 345 g/mol. The number of ether oxygens (including phenoxy) is 1. The molecule has 1 heterocycles. The van der Waals surface area contributed by atoms with Crippen molar-refractivity contribution < 1.29 is 22.7 Å². The number of amides is 1. The van der Waals surface area contributed by atoms with Gasteiger partial charge in [-0.3, -0.25) is 4.79 Å². The van der Waals surface area contributed by atoms with Crippen molar-refractivity contribution in [1.82, 2.24) is 4.90 Å². The maximum absolute atomic E-state index is 12.7. The van der Waals surface area contributed by atoms with E-state index in [4.69, 9.17) is 4.74 Å². The molecule has 1 saturated heterocycles. The molecule has 2 fully saturated rings. The smallest absolute Gasteiger partial charge is 0.328 e. The van der Waals surface area contributed by atoms with Crippen molar-refractivity contribution in [2.45, 2.75) is 64.0 Å². The number of carbonyl (C=O) groups is 2. The molecule has 0 radical (unpaired) electrons. The fourth-order valence-corrected chi connectivity index (χ4v) is 5.48. The number of methoxy groups -OCH3 is 1. The highest BCUT2D eigenvalue weighted by Crippen LogP contribution is 2.29. The topological polar surface area (TPSA) is 80.8 Å². The molecule has 0 aromatic heterocycles. The Kier molecular flexibility index (Phi) is 6.06. The highest BCUT2D eigenvalue weighted by atomic mass is 32.2. The maximum atomic E-state index is 12.7. The second kappa shape index (κ2) is 7.64. The molecule has 132 valence electrons. The van der Waals surface area contributed by atoms with E-state index < -0.39 is 27.9 Å². The van der Waals surface area contributed by atoms with Crippen molar-refractivity contribution in [1.29, 1.82) is 0 Å². The summed E-state index contributed by atoms with van der Waals surface area (Å²) in [5.74, 6) is -0.0106. The predicted octanol–water partition coefficient (Wildman–Crippen LogP) is 1.53. The Balaban J connectivity index is 2.05. The first-order chi connectivity index (χ1) is 10.8. The van der Waals surface area contributed by atoms with E-state index in [1.807, 2.05) is 0 Å². The largest absolute Gasteiger partial charge is 0.467 e. The Labute approximate surface area is 138 Å². The second-order valence-corrected chi connectivity index (χ2v) is 8.97. The van der Waals surface area contributed by atoms with Crippen LogP contribution in [0.5, 0.6) is 0 Å². The zero-order valence-corrected chi connectivity index (χ0v) is 14.8. The molecule has 0 aromatic rings. The summed E-state index contributed by atoms with van der Waals surface area (Å²) >= 11 is 0. The third kappa shape index (κ3) is 4.68. The van der Waals surface area contributed by atoms with Crippen LogP contribution in [0.1, 0.15) is 51.9 Å². The zero-order valence-electron chi connectivity index (χ0n) is 14.0. The van der Waals surface area contributed by atoms with Gasteiger partial charge in [-0.1, -0.05) is 25.7 Å². The molecular weight excluding hydrogens is 318 g/mol. The third-order valence-corrected chi connectivity index (χ3v) is 6.84. The summed E-state index contributed by atoms with van der Waals surface area (Å²) in [4.78, 5) is 26.0. The summed E-state index contributed by atoms with van der Waals surface area (Å²) in [6.45, 7) is 1.62. The van der Waals surface area contributed by atoms with Crippen LogP contribution in [0, 0.1) is 5.92 Å². The fraction of sp³-hybridized carbons (Fsp3) is 0.875. The van der Waals surface area contributed by atoms with Crippen LogP contribution < -0.4 is 0 Å². The van der Waals surface area contributed by atoms with E-state index in [-0.39, 0.29) is 17.4 Å². The molecule has 1 aliphatic carbocycles. The van der Waals surface area contributed by atoms with E-state index >= 15 is 0 Å². The molecule has 1 aliphatic heterocycles. The van der Waals surface area contributed by atoms with Crippen LogP contribution in [0.25, 0.3) is 0 Å². The Morgan fingerprint density at radius 2 is 1.87 bits per heavy atom. The molecule has 6 nitrogen and oxygen atoms in total. The van der Waals surface area contributed by atoms with Crippen molar-refractivity contribution in [3.63, 3.8) is 0 Å². The van der Waals surface area contributed by atoms with Crippen LogP contribution in [0.15, 0.2) is 0 Å². The zero-order chi connectivity index (χ0) is 17.0. The van der Waals surface area contributed by atoms with Gasteiger partial charge in [0.2, 0.25) is 5.91 Å². The Bertz CT molecular complexity index is 539. The van der Waals surface area contributed by atoms with Gasteiger partial charge in [-0.2, -0.15) is 0 Å². The SMILES string of the molecule is COC(=O)C(C)N(C(=O)CCC1CCCC1)C1CCS(=O)(=O)C1. The van der Waals surface area contributed by atoms with Crippen molar-refractivity contribution in [2.75, 3.05) is 18.6 Å². The van der Waals surface area contributed by atoms with Gasteiger partial charge in [0.25, 0.3) is 0 Å². The summed E-state index contributed by atoms with van der Waals surface area (Å²) in [6.07, 6.45) is 6.38. The van der Waals surface area contributed by atoms with E-state index in [0.29, 0.717) is 18.8 Å². The second-order valence-electron chi connectivity index (χ2n) is 6.75. The summed E-state index contributed by atoms with van der Waals surface area (Å²) in [5.41, 5.74) is 0. The van der Waals surface area contributed by atoms with Crippen molar-refractivity contribution in [2.24, 2.45) is 5.92 Å². The molecule has 1 saturated carbocycles. The number of esters is 1. The molecule has 2 aliphatic rings. The quantitative estimate of drug-likeness (QED) is 0.682. The average Bonchev–Trinajstić information content (AvgIpc) is 3.14. The fourth-order valence-electron chi connectivity index (χ4n) is 3.77. The minimum absolute atomic E-state index is 0.0521. The molecule has 0 spiro atoms. The highest BCUT2D eigenvalue weighted by molar-refractivity contribution is 7.91. The molecule has 2 atom stereocenters. The Hall–Kier alpha value is -1.11. The summed E-state index contributed by atoms with van der Waals surface area (Å²) in [6, 6.07) is -1.15. The molecular formula is C16H27NO5S. The van der Waals surface area contributed by atoms with Crippen molar-refractivity contribution in [3.05, 3.63) is 0 Å². The minimum atomic E-state index is -3.12. The third-order valence-electron chi connectivity index (χ3n) is 5.09. The molecule has 2 unspecified atom stereocenters. The van der Waals surface area contributed by atoms with Gasteiger partial charge in [-0.05, 0) is 25.7 Å². The molecule has 7 heteroatoms. The van der Waals surface area contributed by atoms with E-state index in [9.17, 15) is 18.0 Å². The first-order valence-electron chi connectivity index (χ1n) is 8.43. The number of carbonyl (C=O) groups excluding carboxylic acids is 2. The van der Waals surface area contributed by atoms with Crippen molar-refractivity contribution >= 4 is 21.7 Å². The van der Waals surface area contributed by atoms with Gasteiger partial charge in [-0.15, -0.1) is 0 Å². The molecule has 2 rings (SSSR count). The highest BCUT2D eigenvalue weighted by Gasteiger charge is 2.39. The van der Waals surface area contributed by atoms with Gasteiger partial charge in [0.05, 0.1) is 18.6 Å². The van der Waals surface area contributed by atoms with Crippen LogP contribution in [-0.4, -0.2) is 55.9 Å². The lowest BCUT2D eigenvalue weighted by Gasteiger charge is -2.32. The Morgan fingerprint density at radius 3 is 2.39 bits per heavy atom. The van der Waals surface area contributed by atoms with Crippen LogP contribution in [0.2, 0.25) is 0 Å².